The quantitative estimate of drug-likeness (QED) is 0.666. The van der Waals surface area contributed by atoms with Crippen molar-refractivity contribution in [1.29, 1.82) is 0 Å². The van der Waals surface area contributed by atoms with Crippen LogP contribution < -0.4 is 10.1 Å². The van der Waals surface area contributed by atoms with Crippen molar-refractivity contribution in [2.24, 2.45) is 0 Å². The second-order valence-corrected chi connectivity index (χ2v) is 5.92. The maximum Gasteiger partial charge on any atom is 0.263 e. The van der Waals surface area contributed by atoms with Gasteiger partial charge in [0.15, 0.2) is 5.58 Å². The zero-order valence-corrected chi connectivity index (χ0v) is 14.2. The van der Waals surface area contributed by atoms with Crippen molar-refractivity contribution in [2.75, 3.05) is 12.4 Å². The molecule has 5 nitrogen and oxygen atoms in total. The lowest BCUT2D eigenvalue weighted by Crippen LogP contribution is -2.13. The van der Waals surface area contributed by atoms with Gasteiger partial charge in [0.05, 0.1) is 18.8 Å². The summed E-state index contributed by atoms with van der Waals surface area (Å²) < 4.78 is 10.9. The van der Waals surface area contributed by atoms with Crippen LogP contribution in [-0.4, -0.2) is 18.1 Å². The summed E-state index contributed by atoms with van der Waals surface area (Å²) in [5, 5.41) is 14.2. The van der Waals surface area contributed by atoms with Gasteiger partial charge in [-0.05, 0) is 46.3 Å². The van der Waals surface area contributed by atoms with Crippen LogP contribution in [0.25, 0.3) is 11.0 Å². The van der Waals surface area contributed by atoms with Crippen LogP contribution in [0.5, 0.6) is 11.5 Å². The summed E-state index contributed by atoms with van der Waals surface area (Å²) in [4.78, 5) is 12.6. The van der Waals surface area contributed by atoms with E-state index in [9.17, 15) is 9.90 Å². The van der Waals surface area contributed by atoms with Gasteiger partial charge in [-0.2, -0.15) is 0 Å². The number of phenols is 1. The molecule has 2 N–H and O–H groups in total. The van der Waals surface area contributed by atoms with E-state index < -0.39 is 5.91 Å². The summed E-state index contributed by atoms with van der Waals surface area (Å²) in [5.74, 6) is -0.526. The van der Waals surface area contributed by atoms with Gasteiger partial charge in [-0.25, -0.2) is 0 Å². The maximum atomic E-state index is 12.6. The number of methoxy groups -OCH3 is 1. The smallest absolute Gasteiger partial charge is 0.263 e. The van der Waals surface area contributed by atoms with Crippen LogP contribution >= 0.6 is 27.5 Å². The molecule has 0 saturated heterocycles. The number of nitrogens with one attached hydrogen (secondary N) is 1. The highest BCUT2D eigenvalue weighted by atomic mass is 79.9. The summed E-state index contributed by atoms with van der Waals surface area (Å²) in [6, 6.07) is 8.30. The van der Waals surface area contributed by atoms with E-state index >= 15 is 0 Å². The van der Waals surface area contributed by atoms with Crippen LogP contribution in [0.1, 0.15) is 10.4 Å². The Hall–Kier alpha value is -2.18. The third-order valence-corrected chi connectivity index (χ3v) is 4.30. The molecule has 0 atom stereocenters. The molecule has 0 fully saturated rings. The average molecular weight is 397 g/mol. The molecule has 0 spiro atoms. The van der Waals surface area contributed by atoms with Crippen LogP contribution in [0, 0.1) is 0 Å². The molecule has 23 heavy (non-hydrogen) atoms. The number of halogens is 2. The third-order valence-electron chi connectivity index (χ3n) is 3.31. The molecular formula is C16H11BrClNO4. The van der Waals surface area contributed by atoms with Crippen molar-refractivity contribution >= 4 is 50.1 Å². The van der Waals surface area contributed by atoms with Crippen LogP contribution in [0.4, 0.5) is 5.69 Å². The molecule has 0 saturated carbocycles. The van der Waals surface area contributed by atoms with E-state index in [1.165, 1.54) is 13.4 Å². The Kier molecular flexibility index (Phi) is 4.19. The predicted molar refractivity (Wildman–Crippen MR) is 91.5 cm³/mol. The van der Waals surface area contributed by atoms with Crippen molar-refractivity contribution in [3.63, 3.8) is 0 Å². The number of anilines is 1. The number of rotatable bonds is 3. The topological polar surface area (TPSA) is 71.7 Å². The number of carbonyl (C=O) groups is 1. The van der Waals surface area contributed by atoms with Gasteiger partial charge in [0.2, 0.25) is 0 Å². The number of ether oxygens (including phenoxy) is 1. The minimum absolute atomic E-state index is 0.0169. The third kappa shape index (κ3) is 2.75. The molecule has 0 aliphatic carbocycles. The molecule has 3 aromatic rings. The molecule has 0 radical (unpaired) electrons. The number of hydrogen-bond donors (Lipinski definition) is 2. The number of amides is 1. The molecular weight excluding hydrogens is 386 g/mol. The Bertz CT molecular complexity index is 889. The minimum atomic E-state index is -0.509. The Labute approximate surface area is 144 Å². The fourth-order valence-electron chi connectivity index (χ4n) is 2.27. The number of furan rings is 1. The molecule has 1 amide bonds. The molecule has 7 heteroatoms. The SMILES string of the molecule is COc1c(C(=O)Nc2ccc(Cl)cc2)c(O)c(Br)c2occc12. The van der Waals surface area contributed by atoms with Crippen molar-refractivity contribution in [3.05, 3.63) is 51.7 Å². The first kappa shape index (κ1) is 15.7. The second-order valence-electron chi connectivity index (χ2n) is 4.70. The van der Waals surface area contributed by atoms with E-state index in [1.54, 1.807) is 30.3 Å². The predicted octanol–water partition coefficient (Wildman–Crippen LogP) is 4.82. The fraction of sp³-hybridized carbons (Fsp3) is 0.0625. The Morgan fingerprint density at radius 1 is 1.30 bits per heavy atom. The monoisotopic (exact) mass is 395 g/mol. The van der Waals surface area contributed by atoms with E-state index in [1.807, 2.05) is 0 Å². The van der Waals surface area contributed by atoms with Crippen molar-refractivity contribution < 1.29 is 19.1 Å². The minimum Gasteiger partial charge on any atom is -0.506 e. The zero-order valence-electron chi connectivity index (χ0n) is 11.9. The largest absolute Gasteiger partial charge is 0.506 e. The Balaban J connectivity index is 2.09. The first-order valence-corrected chi connectivity index (χ1v) is 7.72. The lowest BCUT2D eigenvalue weighted by atomic mass is 10.1. The highest BCUT2D eigenvalue weighted by Gasteiger charge is 2.25. The maximum absolute atomic E-state index is 12.6. The van der Waals surface area contributed by atoms with Gasteiger partial charge in [0.25, 0.3) is 5.91 Å². The zero-order chi connectivity index (χ0) is 16.6. The number of hydrogen-bond acceptors (Lipinski definition) is 4. The first-order chi connectivity index (χ1) is 11.0. The van der Waals surface area contributed by atoms with Gasteiger partial charge in [0, 0.05) is 10.7 Å². The van der Waals surface area contributed by atoms with Crippen LogP contribution in [0.15, 0.2) is 45.5 Å². The van der Waals surface area contributed by atoms with Crippen LogP contribution in [-0.2, 0) is 0 Å². The molecule has 2 aromatic carbocycles. The lowest BCUT2D eigenvalue weighted by Gasteiger charge is -2.13. The number of aromatic hydroxyl groups is 1. The van der Waals surface area contributed by atoms with Gasteiger partial charge in [-0.3, -0.25) is 4.79 Å². The van der Waals surface area contributed by atoms with Gasteiger partial charge >= 0.3 is 0 Å². The molecule has 0 aliphatic heterocycles. The lowest BCUT2D eigenvalue weighted by molar-refractivity contribution is 0.102. The normalized spacial score (nSPS) is 10.7. The van der Waals surface area contributed by atoms with Gasteiger partial charge in [-0.1, -0.05) is 11.6 Å². The van der Waals surface area contributed by atoms with Crippen molar-refractivity contribution in [1.82, 2.24) is 0 Å². The van der Waals surface area contributed by atoms with Crippen LogP contribution in [0.2, 0.25) is 5.02 Å². The fourth-order valence-corrected chi connectivity index (χ4v) is 2.90. The number of phenolic OH excluding ortho intramolecular Hbond substituents is 1. The second kappa shape index (κ2) is 6.14. The summed E-state index contributed by atoms with van der Waals surface area (Å²) >= 11 is 9.06. The van der Waals surface area contributed by atoms with Crippen LogP contribution in [0.3, 0.4) is 0 Å². The van der Waals surface area contributed by atoms with E-state index in [0.717, 1.165) is 0 Å². The number of benzene rings is 2. The molecule has 0 unspecified atom stereocenters. The van der Waals surface area contributed by atoms with E-state index in [4.69, 9.17) is 20.8 Å². The highest BCUT2D eigenvalue weighted by Crippen LogP contribution is 2.43. The standard InChI is InChI=1S/C16H11BrClNO4/c1-22-14-10-6-7-23-15(10)12(17)13(20)11(14)16(21)19-9-4-2-8(18)3-5-9/h2-7,20H,1H3,(H,19,21). The molecule has 118 valence electrons. The number of carbonyl (C=O) groups excluding carboxylic acids is 1. The van der Waals surface area contributed by atoms with E-state index in [0.29, 0.717) is 26.2 Å². The average Bonchev–Trinajstić information content (AvgIpc) is 3.02. The van der Waals surface area contributed by atoms with Gasteiger partial charge < -0.3 is 19.6 Å². The molecule has 0 bridgehead atoms. The summed E-state index contributed by atoms with van der Waals surface area (Å²) in [6.45, 7) is 0. The first-order valence-electron chi connectivity index (χ1n) is 6.55. The van der Waals surface area contributed by atoms with Crippen molar-refractivity contribution in [2.45, 2.75) is 0 Å². The molecule has 3 rings (SSSR count). The highest BCUT2D eigenvalue weighted by molar-refractivity contribution is 9.10. The molecule has 1 aromatic heterocycles. The molecule has 0 aliphatic rings. The van der Waals surface area contributed by atoms with Gasteiger partial charge in [-0.15, -0.1) is 0 Å². The summed E-state index contributed by atoms with van der Waals surface area (Å²) in [5.41, 5.74) is 0.967. The summed E-state index contributed by atoms with van der Waals surface area (Å²) in [6.07, 6.45) is 1.46. The Morgan fingerprint density at radius 2 is 2.00 bits per heavy atom. The summed E-state index contributed by atoms with van der Waals surface area (Å²) in [7, 11) is 1.42. The van der Waals surface area contributed by atoms with E-state index in [-0.39, 0.29) is 17.1 Å². The molecule has 1 heterocycles. The van der Waals surface area contributed by atoms with E-state index in [2.05, 4.69) is 21.2 Å². The van der Waals surface area contributed by atoms with Crippen molar-refractivity contribution in [3.8, 4) is 11.5 Å². The van der Waals surface area contributed by atoms with Gasteiger partial charge in [0.1, 0.15) is 21.5 Å². The Morgan fingerprint density at radius 3 is 2.65 bits per heavy atom. The number of fused-ring (bicyclic) bond motifs is 1.